The molecule has 0 aromatic heterocycles. The molecule has 5 heteroatoms. The van der Waals surface area contributed by atoms with Gasteiger partial charge in [0.25, 0.3) is 0 Å². The number of halogens is 1. The predicted octanol–water partition coefficient (Wildman–Crippen LogP) is 3.40. The van der Waals surface area contributed by atoms with Gasteiger partial charge in [0.2, 0.25) is 0 Å². The number of likely N-dealkylation sites (tertiary alicyclic amines) is 1. The van der Waals surface area contributed by atoms with Gasteiger partial charge in [0.15, 0.2) is 5.96 Å². The third-order valence-corrected chi connectivity index (χ3v) is 5.35. The van der Waals surface area contributed by atoms with Crippen LogP contribution in [0.3, 0.4) is 0 Å². The van der Waals surface area contributed by atoms with Gasteiger partial charge in [0.05, 0.1) is 6.61 Å². The second-order valence-corrected chi connectivity index (χ2v) is 7.21. The van der Waals surface area contributed by atoms with E-state index in [9.17, 15) is 0 Å². The second-order valence-electron chi connectivity index (χ2n) is 7.21. The Kier molecular flexibility index (Phi) is 6.92. The second kappa shape index (κ2) is 8.52. The molecule has 2 unspecified atom stereocenters. The summed E-state index contributed by atoms with van der Waals surface area (Å²) in [6, 6.07) is 8.83. The Morgan fingerprint density at radius 2 is 2.08 bits per heavy atom. The summed E-state index contributed by atoms with van der Waals surface area (Å²) in [5.74, 6) is 1.51. The number of nitrogens with one attached hydrogen (secondary N) is 1. The summed E-state index contributed by atoms with van der Waals surface area (Å²) in [6.07, 6.45) is 2.42. The highest BCUT2D eigenvalue weighted by Gasteiger charge is 2.42. The van der Waals surface area contributed by atoms with E-state index in [-0.39, 0.29) is 24.0 Å². The van der Waals surface area contributed by atoms with Crippen molar-refractivity contribution >= 4 is 29.9 Å². The van der Waals surface area contributed by atoms with Gasteiger partial charge < -0.3 is 15.0 Å². The number of benzene rings is 1. The van der Waals surface area contributed by atoms with E-state index in [0.717, 1.165) is 38.8 Å². The Bertz CT molecular complexity index is 552. The first-order chi connectivity index (χ1) is 11.1. The fraction of sp³-hybridized carbons (Fsp3) is 0.632. The van der Waals surface area contributed by atoms with Crippen LogP contribution in [0.15, 0.2) is 29.3 Å². The molecule has 1 N–H and O–H groups in total. The molecule has 2 saturated heterocycles. The molecule has 0 saturated carbocycles. The van der Waals surface area contributed by atoms with Crippen molar-refractivity contribution in [3.05, 3.63) is 35.4 Å². The molecular formula is C19H30IN3O. The highest BCUT2D eigenvalue weighted by Crippen LogP contribution is 2.38. The minimum absolute atomic E-state index is 0. The molecule has 1 aromatic rings. The Morgan fingerprint density at radius 3 is 2.71 bits per heavy atom. The molecule has 0 bridgehead atoms. The van der Waals surface area contributed by atoms with E-state index >= 15 is 0 Å². The fourth-order valence-electron chi connectivity index (χ4n) is 3.68. The van der Waals surface area contributed by atoms with E-state index in [4.69, 9.17) is 4.74 Å². The van der Waals surface area contributed by atoms with Gasteiger partial charge >= 0.3 is 0 Å². The first-order valence-corrected chi connectivity index (χ1v) is 8.72. The Balaban J connectivity index is 0.00000208. The molecule has 0 aliphatic carbocycles. The molecular weight excluding hydrogens is 413 g/mol. The lowest BCUT2D eigenvalue weighted by atomic mass is 9.87. The molecule has 3 rings (SSSR count). The van der Waals surface area contributed by atoms with Gasteiger partial charge in [-0.25, -0.2) is 0 Å². The fourth-order valence-corrected chi connectivity index (χ4v) is 3.68. The summed E-state index contributed by atoms with van der Waals surface area (Å²) < 4.78 is 5.62. The Labute approximate surface area is 163 Å². The average molecular weight is 443 g/mol. The van der Waals surface area contributed by atoms with Gasteiger partial charge in [0, 0.05) is 38.7 Å². The minimum atomic E-state index is 0. The number of aliphatic imine (C=N–C) groups is 1. The molecule has 0 amide bonds. The van der Waals surface area contributed by atoms with Crippen LogP contribution in [0.2, 0.25) is 0 Å². The SMILES string of the molecule is CN=C(NCC(C)c1ccc(C)cc1)N1CCC2(CCOC2)C1.I. The smallest absolute Gasteiger partial charge is 0.193 e. The maximum absolute atomic E-state index is 5.62. The minimum Gasteiger partial charge on any atom is -0.381 e. The Hall–Kier alpha value is -0.820. The van der Waals surface area contributed by atoms with Crippen molar-refractivity contribution in [3.63, 3.8) is 0 Å². The first kappa shape index (κ1) is 19.5. The van der Waals surface area contributed by atoms with Crippen LogP contribution in [0.5, 0.6) is 0 Å². The van der Waals surface area contributed by atoms with Crippen LogP contribution in [-0.4, -0.2) is 50.8 Å². The van der Waals surface area contributed by atoms with E-state index in [1.54, 1.807) is 0 Å². The highest BCUT2D eigenvalue weighted by molar-refractivity contribution is 14.0. The normalized spacial score (nSPS) is 25.0. The van der Waals surface area contributed by atoms with Crippen molar-refractivity contribution in [2.24, 2.45) is 10.4 Å². The maximum Gasteiger partial charge on any atom is 0.193 e. The van der Waals surface area contributed by atoms with Crippen molar-refractivity contribution in [2.45, 2.75) is 32.6 Å². The van der Waals surface area contributed by atoms with Crippen LogP contribution < -0.4 is 5.32 Å². The molecule has 2 atom stereocenters. The molecule has 134 valence electrons. The zero-order valence-corrected chi connectivity index (χ0v) is 17.4. The van der Waals surface area contributed by atoms with Crippen LogP contribution in [-0.2, 0) is 4.74 Å². The molecule has 4 nitrogen and oxygen atoms in total. The summed E-state index contributed by atoms with van der Waals surface area (Å²) in [5, 5.41) is 3.57. The van der Waals surface area contributed by atoms with Crippen LogP contribution >= 0.6 is 24.0 Å². The van der Waals surface area contributed by atoms with Crippen molar-refractivity contribution < 1.29 is 4.74 Å². The molecule has 2 fully saturated rings. The third kappa shape index (κ3) is 4.42. The number of hydrogen-bond acceptors (Lipinski definition) is 2. The van der Waals surface area contributed by atoms with Crippen LogP contribution in [0.1, 0.15) is 36.8 Å². The first-order valence-electron chi connectivity index (χ1n) is 8.72. The molecule has 2 heterocycles. The summed E-state index contributed by atoms with van der Waals surface area (Å²) in [4.78, 5) is 6.89. The molecule has 2 aliphatic heterocycles. The average Bonchev–Trinajstić information content (AvgIpc) is 3.19. The van der Waals surface area contributed by atoms with Crippen molar-refractivity contribution in [1.29, 1.82) is 0 Å². The lowest BCUT2D eigenvalue weighted by molar-refractivity contribution is 0.156. The number of hydrogen-bond donors (Lipinski definition) is 1. The van der Waals surface area contributed by atoms with Gasteiger partial charge in [0.1, 0.15) is 0 Å². The van der Waals surface area contributed by atoms with Crippen molar-refractivity contribution in [1.82, 2.24) is 10.2 Å². The predicted molar refractivity (Wildman–Crippen MR) is 110 cm³/mol. The van der Waals surface area contributed by atoms with Gasteiger partial charge in [-0.2, -0.15) is 0 Å². The number of ether oxygens (including phenoxy) is 1. The Morgan fingerprint density at radius 1 is 1.33 bits per heavy atom. The molecule has 24 heavy (non-hydrogen) atoms. The van der Waals surface area contributed by atoms with Gasteiger partial charge in [-0.3, -0.25) is 4.99 Å². The largest absolute Gasteiger partial charge is 0.381 e. The molecule has 0 radical (unpaired) electrons. The van der Waals surface area contributed by atoms with Crippen LogP contribution in [0.4, 0.5) is 0 Å². The van der Waals surface area contributed by atoms with Crippen LogP contribution in [0, 0.1) is 12.3 Å². The molecule has 1 aromatic carbocycles. The molecule has 2 aliphatic rings. The lowest BCUT2D eigenvalue weighted by Gasteiger charge is -2.26. The number of nitrogens with zero attached hydrogens (tertiary/aromatic N) is 2. The van der Waals surface area contributed by atoms with Crippen molar-refractivity contribution in [2.75, 3.05) is 39.9 Å². The highest BCUT2D eigenvalue weighted by atomic mass is 127. The van der Waals surface area contributed by atoms with Crippen LogP contribution in [0.25, 0.3) is 0 Å². The topological polar surface area (TPSA) is 36.9 Å². The quantitative estimate of drug-likeness (QED) is 0.442. The summed E-state index contributed by atoms with van der Waals surface area (Å²) in [7, 11) is 1.88. The monoisotopic (exact) mass is 443 g/mol. The number of guanidine groups is 1. The van der Waals surface area contributed by atoms with Gasteiger partial charge in [-0.05, 0) is 31.2 Å². The summed E-state index contributed by atoms with van der Waals surface area (Å²) >= 11 is 0. The number of aryl methyl sites for hydroxylation is 1. The van der Waals surface area contributed by atoms with E-state index in [0.29, 0.717) is 11.3 Å². The van der Waals surface area contributed by atoms with Gasteiger partial charge in [-0.15, -0.1) is 24.0 Å². The maximum atomic E-state index is 5.62. The van der Waals surface area contributed by atoms with E-state index in [2.05, 4.69) is 53.3 Å². The standard InChI is InChI=1S/C19H29N3O.HI/c1-15-4-6-17(7-5-15)16(2)12-21-18(20-3)22-10-8-19(13-22)9-11-23-14-19;/h4-7,16H,8-14H2,1-3H3,(H,20,21);1H. The van der Waals surface area contributed by atoms with Crippen molar-refractivity contribution in [3.8, 4) is 0 Å². The molecule has 1 spiro atoms. The summed E-state index contributed by atoms with van der Waals surface area (Å²) in [6.45, 7) is 9.31. The van der Waals surface area contributed by atoms with E-state index in [1.165, 1.54) is 24.0 Å². The third-order valence-electron chi connectivity index (χ3n) is 5.35. The number of rotatable bonds is 3. The van der Waals surface area contributed by atoms with Gasteiger partial charge in [-0.1, -0.05) is 36.8 Å². The van der Waals surface area contributed by atoms with E-state index < -0.39 is 0 Å². The lowest BCUT2D eigenvalue weighted by Crippen LogP contribution is -2.42. The zero-order valence-electron chi connectivity index (χ0n) is 15.0. The summed E-state index contributed by atoms with van der Waals surface area (Å²) in [5.41, 5.74) is 3.06. The van der Waals surface area contributed by atoms with E-state index in [1.807, 2.05) is 7.05 Å². The zero-order chi connectivity index (χ0) is 16.3.